The number of nitrogens with zero attached hydrogens (tertiary/aromatic N) is 1. The number of nitrogens with one attached hydrogen (secondary N) is 3. The number of rotatable bonds is 21. The molecular weight excluding hydrogens is 588 g/mol. The van der Waals surface area contributed by atoms with Gasteiger partial charge in [-0.15, -0.1) is 0 Å². The summed E-state index contributed by atoms with van der Waals surface area (Å²) >= 11 is 0. The minimum absolute atomic E-state index is 0.0327. The van der Waals surface area contributed by atoms with Gasteiger partial charge < -0.3 is 35.0 Å². The van der Waals surface area contributed by atoms with Crippen LogP contribution in [0.1, 0.15) is 80.2 Å². The number of hydrogen-bond acceptors (Lipinski definition) is 9. The second kappa shape index (κ2) is 18.8. The van der Waals surface area contributed by atoms with E-state index in [9.17, 15) is 33.9 Å². The number of carbonyl (C=O) groups excluding carboxylic acids is 5. The van der Waals surface area contributed by atoms with Crippen molar-refractivity contribution in [1.29, 1.82) is 0 Å². The molecule has 14 heteroatoms. The molecule has 4 N–H and O–H groups in total. The Labute approximate surface area is 261 Å². The smallest absolute Gasteiger partial charge is 0.326 e. The van der Waals surface area contributed by atoms with Gasteiger partial charge in [0.2, 0.25) is 12.3 Å². The Bertz CT molecular complexity index is 1310. The van der Waals surface area contributed by atoms with Gasteiger partial charge in [-0.2, -0.15) is 0 Å². The zero-order valence-electron chi connectivity index (χ0n) is 26.0. The largest absolute Gasteiger partial charge is 0.493 e. The van der Waals surface area contributed by atoms with E-state index in [1.165, 1.54) is 25.3 Å². The highest BCUT2D eigenvalue weighted by atomic mass is 16.7. The van der Waals surface area contributed by atoms with E-state index >= 15 is 0 Å². The second-order valence-electron chi connectivity index (χ2n) is 10.0. The van der Waals surface area contributed by atoms with Crippen molar-refractivity contribution < 1.29 is 47.9 Å². The molecule has 0 aliphatic heterocycles. The molecule has 246 valence electrons. The maximum absolute atomic E-state index is 13.1. The van der Waals surface area contributed by atoms with E-state index in [4.69, 9.17) is 14.0 Å². The maximum Gasteiger partial charge on any atom is 0.326 e. The molecule has 1 aromatic heterocycles. The van der Waals surface area contributed by atoms with E-state index in [0.29, 0.717) is 31.1 Å². The summed E-state index contributed by atoms with van der Waals surface area (Å²) in [7, 11) is 1.37. The molecule has 1 heterocycles. The Kier molecular flexibility index (Phi) is 15.3. The first-order valence-corrected chi connectivity index (χ1v) is 14.8. The number of carbonyl (C=O) groups is 6. The molecule has 3 atom stereocenters. The number of aliphatic carboxylic acids is 1. The van der Waals surface area contributed by atoms with E-state index in [1.807, 2.05) is 6.92 Å². The van der Waals surface area contributed by atoms with Crippen molar-refractivity contribution in [1.82, 2.24) is 21.0 Å². The van der Waals surface area contributed by atoms with Gasteiger partial charge >= 0.3 is 5.97 Å². The number of benzene rings is 1. The van der Waals surface area contributed by atoms with Crippen molar-refractivity contribution in [3.8, 4) is 17.1 Å². The molecule has 0 saturated carbocycles. The molecule has 2 rings (SSSR count). The molecule has 3 unspecified atom stereocenters. The Morgan fingerprint density at radius 1 is 1.02 bits per heavy atom. The number of carboxylic acids is 1. The van der Waals surface area contributed by atoms with Crippen LogP contribution in [0.3, 0.4) is 0 Å². The minimum Gasteiger partial charge on any atom is -0.493 e. The molecule has 0 spiro atoms. The standard InChI is InChI=1S/C31H42N4O10/c1-5-8-9-10-21(24(6-2)35(19-37)43-4)28(38)32-18-33-30(40)26-14-13-25(45-26)20-11-12-22(27(17-20)44-7-3)29(39)34-23(15-16-36)31(41)42/h11-14,16-17,19,21,23-24H,5-10,15,18H2,1-4H3,(H,32,38)(H,33,40)(H,34,39)(H,41,42). The predicted molar refractivity (Wildman–Crippen MR) is 162 cm³/mol. The number of amides is 4. The van der Waals surface area contributed by atoms with Gasteiger partial charge in [0.25, 0.3) is 11.8 Å². The number of furan rings is 1. The number of hydroxylamine groups is 2. The van der Waals surface area contributed by atoms with E-state index in [0.717, 1.165) is 24.3 Å². The third kappa shape index (κ3) is 10.4. The summed E-state index contributed by atoms with van der Waals surface area (Å²) in [5.74, 6) is -3.13. The van der Waals surface area contributed by atoms with Crippen LogP contribution >= 0.6 is 0 Å². The van der Waals surface area contributed by atoms with Gasteiger partial charge in [-0.25, -0.2) is 9.86 Å². The van der Waals surface area contributed by atoms with Gasteiger partial charge in [-0.05, 0) is 44.0 Å². The molecule has 0 aliphatic carbocycles. The fourth-order valence-electron chi connectivity index (χ4n) is 4.75. The van der Waals surface area contributed by atoms with Crippen LogP contribution in [0.5, 0.6) is 5.75 Å². The lowest BCUT2D eigenvalue weighted by Gasteiger charge is -2.31. The average Bonchev–Trinajstić information content (AvgIpc) is 3.53. The minimum atomic E-state index is -1.39. The summed E-state index contributed by atoms with van der Waals surface area (Å²) in [6.07, 6.45) is 4.30. The molecule has 0 fully saturated rings. The fraction of sp³-hybridized carbons (Fsp3) is 0.484. The Morgan fingerprint density at radius 2 is 1.78 bits per heavy atom. The molecular formula is C31H42N4O10. The van der Waals surface area contributed by atoms with E-state index in [2.05, 4.69) is 22.9 Å². The summed E-state index contributed by atoms with van der Waals surface area (Å²) in [5.41, 5.74) is 0.529. The number of unbranched alkanes of at least 4 members (excludes halogenated alkanes) is 2. The van der Waals surface area contributed by atoms with Crippen LogP contribution in [0.15, 0.2) is 34.7 Å². The predicted octanol–water partition coefficient (Wildman–Crippen LogP) is 2.92. The molecule has 1 aromatic carbocycles. The Hall–Kier alpha value is -4.72. The first-order valence-electron chi connectivity index (χ1n) is 14.8. The third-order valence-electron chi connectivity index (χ3n) is 7.07. The van der Waals surface area contributed by atoms with E-state index in [-0.39, 0.29) is 42.0 Å². The first-order chi connectivity index (χ1) is 21.6. The highest BCUT2D eigenvalue weighted by Gasteiger charge is 2.31. The van der Waals surface area contributed by atoms with Gasteiger partial charge in [-0.3, -0.25) is 24.0 Å². The quantitative estimate of drug-likeness (QED) is 0.0690. The van der Waals surface area contributed by atoms with Gasteiger partial charge in [-0.1, -0.05) is 39.2 Å². The lowest BCUT2D eigenvalue weighted by Crippen LogP contribution is -2.48. The highest BCUT2D eigenvalue weighted by molar-refractivity contribution is 6.00. The molecule has 14 nitrogen and oxygen atoms in total. The van der Waals surface area contributed by atoms with Crippen molar-refractivity contribution in [2.45, 2.75) is 71.4 Å². The average molecular weight is 631 g/mol. The summed E-state index contributed by atoms with van der Waals surface area (Å²) in [4.78, 5) is 77.4. The second-order valence-corrected chi connectivity index (χ2v) is 10.0. The van der Waals surface area contributed by atoms with Crippen LogP contribution < -0.4 is 20.7 Å². The van der Waals surface area contributed by atoms with Crippen LogP contribution in [-0.4, -0.2) is 79.0 Å². The number of hydrogen-bond donors (Lipinski definition) is 4. The molecule has 2 aromatic rings. The van der Waals surface area contributed by atoms with Crippen molar-refractivity contribution in [2.24, 2.45) is 5.92 Å². The van der Waals surface area contributed by atoms with E-state index in [1.54, 1.807) is 19.1 Å². The Balaban J connectivity index is 2.11. The van der Waals surface area contributed by atoms with Gasteiger partial charge in [0, 0.05) is 12.0 Å². The fourth-order valence-corrected chi connectivity index (χ4v) is 4.75. The summed E-state index contributed by atoms with van der Waals surface area (Å²) in [5, 5.41) is 18.0. The zero-order chi connectivity index (χ0) is 33.4. The lowest BCUT2D eigenvalue weighted by atomic mass is 9.90. The van der Waals surface area contributed by atoms with E-state index < -0.39 is 42.2 Å². The number of carboxylic acid groups (broad SMARTS) is 1. The highest BCUT2D eigenvalue weighted by Crippen LogP contribution is 2.29. The van der Waals surface area contributed by atoms with Crippen LogP contribution in [0.25, 0.3) is 11.3 Å². The van der Waals surface area contributed by atoms with Crippen molar-refractivity contribution in [3.63, 3.8) is 0 Å². The first kappa shape index (κ1) is 36.5. The van der Waals surface area contributed by atoms with Gasteiger partial charge in [0.15, 0.2) is 5.76 Å². The SMILES string of the molecule is CCCCCC(C(=O)NCNC(=O)c1ccc(-c2ccc(C(=O)NC(CC=O)C(=O)O)c(OCC)c2)o1)C(CC)N(C=O)OC. The topological polar surface area (TPSA) is 194 Å². The molecule has 0 bridgehead atoms. The normalized spacial score (nSPS) is 12.7. The monoisotopic (exact) mass is 630 g/mol. The van der Waals surface area contributed by atoms with Gasteiger partial charge in [0.05, 0.1) is 37.9 Å². The maximum atomic E-state index is 13.1. The lowest BCUT2D eigenvalue weighted by molar-refractivity contribution is -0.181. The van der Waals surface area contributed by atoms with Crippen molar-refractivity contribution in [3.05, 3.63) is 41.7 Å². The molecule has 0 saturated heterocycles. The Morgan fingerprint density at radius 3 is 2.38 bits per heavy atom. The van der Waals surface area contributed by atoms with Crippen LogP contribution in [0.4, 0.5) is 0 Å². The summed E-state index contributed by atoms with van der Waals surface area (Å²) < 4.78 is 11.3. The molecule has 0 radical (unpaired) electrons. The van der Waals surface area contributed by atoms with Crippen LogP contribution in [0, 0.1) is 5.92 Å². The number of aldehydes is 1. The zero-order valence-corrected chi connectivity index (χ0v) is 26.0. The van der Waals surface area contributed by atoms with Crippen LogP contribution in [0.2, 0.25) is 0 Å². The third-order valence-corrected chi connectivity index (χ3v) is 7.07. The van der Waals surface area contributed by atoms with Gasteiger partial charge in [0.1, 0.15) is 23.8 Å². The molecule has 4 amide bonds. The number of ether oxygens (including phenoxy) is 1. The summed E-state index contributed by atoms with van der Waals surface area (Å²) in [6, 6.07) is 5.61. The molecule has 45 heavy (non-hydrogen) atoms. The van der Waals surface area contributed by atoms with Crippen molar-refractivity contribution in [2.75, 3.05) is 20.4 Å². The van der Waals surface area contributed by atoms with Crippen molar-refractivity contribution >= 4 is 36.4 Å². The molecule has 0 aliphatic rings. The summed E-state index contributed by atoms with van der Waals surface area (Å²) in [6.45, 7) is 5.65. The van der Waals surface area contributed by atoms with Crippen LogP contribution in [-0.2, 0) is 24.0 Å².